The van der Waals surface area contributed by atoms with Gasteiger partial charge in [-0.1, -0.05) is 0 Å². The zero-order valence-corrected chi connectivity index (χ0v) is 18.5. The second-order valence-electron chi connectivity index (χ2n) is 6.20. The van der Waals surface area contributed by atoms with Crippen LogP contribution in [-0.4, -0.2) is 61.5 Å². The Morgan fingerprint density at radius 1 is 0.828 bits per heavy atom. The third kappa shape index (κ3) is 7.61. The second kappa shape index (κ2) is 12.4. The van der Waals surface area contributed by atoms with E-state index in [1.165, 1.54) is 26.6 Å². The Hall–Kier alpha value is -2.22. The van der Waals surface area contributed by atoms with Crippen molar-refractivity contribution in [2.75, 3.05) is 27.4 Å². The smallest absolute Gasteiger partial charge is 0.338 e. The molecule has 2 rings (SSSR count). The monoisotopic (exact) mass is 490 g/mol. The molecule has 2 aromatic heterocycles. The number of carbonyl (C=O) groups excluding carboxylic acids is 2. The molecule has 29 heavy (non-hydrogen) atoms. The first-order valence-electron chi connectivity index (χ1n) is 8.77. The molecule has 158 valence electrons. The number of ether oxygens (including phenoxy) is 4. The maximum atomic E-state index is 12.3. The molecular weight excluding hydrogens is 465 g/mol. The summed E-state index contributed by atoms with van der Waals surface area (Å²) in [7, 11) is 3.07. The zero-order valence-electron chi connectivity index (χ0n) is 16.7. The molecule has 0 fully saturated rings. The van der Waals surface area contributed by atoms with Crippen LogP contribution in [0.15, 0.2) is 36.7 Å². The molecule has 0 aliphatic heterocycles. The standard InChI is InChI=1S/C20H24N2O6.Ru/c1-13(11-25-3)27-19(23)15-5-7-21-17(9-15)18-10-16(6-8-22-18)20(24)28-14(2)12-26-4;/h5-10,13-14H,11-12H2,1-4H3;. The Balaban J connectivity index is 0.00000420. The van der Waals surface area contributed by atoms with Gasteiger partial charge in [0.15, 0.2) is 0 Å². The maximum Gasteiger partial charge on any atom is 0.338 e. The number of hydrogen-bond donors (Lipinski definition) is 0. The van der Waals surface area contributed by atoms with Crippen molar-refractivity contribution in [2.24, 2.45) is 0 Å². The first-order chi connectivity index (χ1) is 13.4. The van der Waals surface area contributed by atoms with Crippen molar-refractivity contribution >= 4 is 11.9 Å². The summed E-state index contributed by atoms with van der Waals surface area (Å²) >= 11 is 0. The van der Waals surface area contributed by atoms with Crippen LogP contribution in [0.1, 0.15) is 34.6 Å². The molecule has 0 saturated carbocycles. The quantitative estimate of drug-likeness (QED) is 0.392. The largest absolute Gasteiger partial charge is 0.457 e. The fourth-order valence-corrected chi connectivity index (χ4v) is 2.43. The van der Waals surface area contributed by atoms with Gasteiger partial charge >= 0.3 is 11.9 Å². The van der Waals surface area contributed by atoms with E-state index in [2.05, 4.69) is 9.97 Å². The third-order valence-corrected chi connectivity index (χ3v) is 3.67. The van der Waals surface area contributed by atoms with Gasteiger partial charge in [-0.3, -0.25) is 9.97 Å². The van der Waals surface area contributed by atoms with Crippen molar-refractivity contribution in [1.82, 2.24) is 9.97 Å². The van der Waals surface area contributed by atoms with E-state index in [9.17, 15) is 9.59 Å². The first kappa shape index (κ1) is 24.8. The van der Waals surface area contributed by atoms with Crippen LogP contribution in [0.5, 0.6) is 0 Å². The molecule has 0 aromatic carbocycles. The topological polar surface area (TPSA) is 96.8 Å². The number of carbonyl (C=O) groups is 2. The number of esters is 2. The molecule has 0 radical (unpaired) electrons. The van der Waals surface area contributed by atoms with Crippen LogP contribution in [0.4, 0.5) is 0 Å². The first-order valence-corrected chi connectivity index (χ1v) is 8.77. The van der Waals surface area contributed by atoms with Gasteiger partial charge in [-0.2, -0.15) is 0 Å². The molecule has 0 N–H and O–H groups in total. The molecule has 0 spiro atoms. The van der Waals surface area contributed by atoms with Crippen molar-refractivity contribution in [3.05, 3.63) is 47.8 Å². The van der Waals surface area contributed by atoms with E-state index in [0.717, 1.165) is 0 Å². The predicted molar refractivity (Wildman–Crippen MR) is 101 cm³/mol. The van der Waals surface area contributed by atoms with E-state index >= 15 is 0 Å². The number of methoxy groups -OCH3 is 2. The van der Waals surface area contributed by atoms with Gasteiger partial charge in [-0.05, 0) is 38.1 Å². The van der Waals surface area contributed by atoms with Gasteiger partial charge in [0.2, 0.25) is 0 Å². The summed E-state index contributed by atoms with van der Waals surface area (Å²) in [6.07, 6.45) is 2.22. The molecular formula is C20H24N2O6Ru. The Bertz CT molecular complexity index is 750. The number of nitrogens with zero attached hydrogens (tertiary/aromatic N) is 2. The second-order valence-corrected chi connectivity index (χ2v) is 6.20. The average molecular weight is 489 g/mol. The summed E-state index contributed by atoms with van der Waals surface area (Å²) in [5.41, 5.74) is 1.54. The van der Waals surface area contributed by atoms with Crippen molar-refractivity contribution in [3.63, 3.8) is 0 Å². The fourth-order valence-electron chi connectivity index (χ4n) is 2.43. The predicted octanol–water partition coefficient (Wildman–Crippen LogP) is 2.52. The maximum absolute atomic E-state index is 12.3. The Kier molecular flexibility index (Phi) is 10.6. The van der Waals surface area contributed by atoms with Gasteiger partial charge in [0.05, 0.1) is 35.7 Å². The molecule has 9 heteroatoms. The van der Waals surface area contributed by atoms with Gasteiger partial charge in [-0.15, -0.1) is 0 Å². The van der Waals surface area contributed by atoms with Crippen molar-refractivity contribution in [1.29, 1.82) is 0 Å². The summed E-state index contributed by atoms with van der Waals surface area (Å²) in [4.78, 5) is 33.0. The van der Waals surface area contributed by atoms with Crippen LogP contribution >= 0.6 is 0 Å². The van der Waals surface area contributed by atoms with Crippen LogP contribution in [0, 0.1) is 0 Å². The van der Waals surface area contributed by atoms with Crippen LogP contribution in [0.3, 0.4) is 0 Å². The SMILES string of the molecule is COCC(C)OC(=O)c1ccnc(-c2cc(C(=O)OC(C)COC)ccn2)c1.[Ru]. The van der Waals surface area contributed by atoms with Gasteiger partial charge in [0.1, 0.15) is 12.2 Å². The van der Waals surface area contributed by atoms with Gasteiger partial charge < -0.3 is 18.9 Å². The van der Waals surface area contributed by atoms with Crippen LogP contribution in [0.2, 0.25) is 0 Å². The normalized spacial score (nSPS) is 12.4. The molecule has 2 heterocycles. The Morgan fingerprint density at radius 3 is 1.55 bits per heavy atom. The zero-order chi connectivity index (χ0) is 20.5. The van der Waals surface area contributed by atoms with E-state index in [0.29, 0.717) is 35.7 Å². The number of pyridine rings is 2. The molecule has 2 unspecified atom stereocenters. The van der Waals surface area contributed by atoms with Gasteiger partial charge in [0, 0.05) is 46.1 Å². The Morgan fingerprint density at radius 2 is 1.21 bits per heavy atom. The number of aromatic nitrogens is 2. The summed E-state index contributed by atoms with van der Waals surface area (Å²) in [5.74, 6) is -0.977. The fraction of sp³-hybridized carbons (Fsp3) is 0.400. The molecule has 2 atom stereocenters. The molecule has 0 bridgehead atoms. The van der Waals surface area contributed by atoms with Gasteiger partial charge in [-0.25, -0.2) is 9.59 Å². The van der Waals surface area contributed by atoms with E-state index in [4.69, 9.17) is 18.9 Å². The Labute approximate surface area is 182 Å². The average Bonchev–Trinajstić information content (AvgIpc) is 2.68. The number of rotatable bonds is 9. The molecule has 2 aromatic rings. The molecule has 8 nitrogen and oxygen atoms in total. The minimum atomic E-state index is -0.489. The molecule has 0 amide bonds. The minimum absolute atomic E-state index is 0. The van der Waals surface area contributed by atoms with E-state index in [1.54, 1.807) is 38.1 Å². The van der Waals surface area contributed by atoms with Crippen molar-refractivity contribution in [2.45, 2.75) is 26.1 Å². The van der Waals surface area contributed by atoms with Crippen LogP contribution < -0.4 is 0 Å². The summed E-state index contributed by atoms with van der Waals surface area (Å²) in [6, 6.07) is 6.23. The summed E-state index contributed by atoms with van der Waals surface area (Å²) in [5, 5.41) is 0. The molecule has 0 aliphatic rings. The van der Waals surface area contributed by atoms with E-state index in [-0.39, 0.29) is 31.7 Å². The van der Waals surface area contributed by atoms with Crippen LogP contribution in [-0.2, 0) is 38.4 Å². The van der Waals surface area contributed by atoms with Crippen molar-refractivity contribution < 1.29 is 48.0 Å². The third-order valence-electron chi connectivity index (χ3n) is 3.67. The van der Waals surface area contributed by atoms with E-state index in [1.807, 2.05) is 0 Å². The summed E-state index contributed by atoms with van der Waals surface area (Å²) < 4.78 is 20.5. The van der Waals surface area contributed by atoms with E-state index < -0.39 is 11.9 Å². The number of hydrogen-bond acceptors (Lipinski definition) is 8. The minimum Gasteiger partial charge on any atom is -0.457 e. The molecule has 0 aliphatic carbocycles. The van der Waals surface area contributed by atoms with Crippen molar-refractivity contribution in [3.8, 4) is 11.4 Å². The summed E-state index contributed by atoms with van der Waals surface area (Å²) in [6.45, 7) is 4.09. The van der Waals surface area contributed by atoms with Crippen LogP contribution in [0.25, 0.3) is 11.4 Å². The van der Waals surface area contributed by atoms with Gasteiger partial charge in [0.25, 0.3) is 0 Å². The molecule has 0 saturated heterocycles.